The van der Waals surface area contributed by atoms with E-state index >= 15 is 0 Å². The van der Waals surface area contributed by atoms with Crippen LogP contribution < -0.4 is 4.74 Å². The summed E-state index contributed by atoms with van der Waals surface area (Å²) in [6.07, 6.45) is 1.27. The molecule has 0 aliphatic carbocycles. The minimum atomic E-state index is -0.576. The number of hydrogen-bond donors (Lipinski definition) is 1. The van der Waals surface area contributed by atoms with E-state index in [1.807, 2.05) is 0 Å². The van der Waals surface area contributed by atoms with Gasteiger partial charge >= 0.3 is 0 Å². The standard InChI is InChI=1S/C10H11Cl2NO4/c11-8-5-7(13(15)16)6-9(12)10(8)17-4-2-1-3-14/h5-6,14H,1-4H2. The molecule has 0 heterocycles. The molecule has 0 unspecified atom stereocenters. The molecule has 1 aromatic carbocycles. The number of nitro benzene ring substituents is 1. The van der Waals surface area contributed by atoms with E-state index in [4.69, 9.17) is 33.0 Å². The van der Waals surface area contributed by atoms with Crippen molar-refractivity contribution in [3.05, 3.63) is 32.3 Å². The molecule has 1 rings (SSSR count). The molecule has 94 valence electrons. The van der Waals surface area contributed by atoms with Gasteiger partial charge in [-0.2, -0.15) is 0 Å². The van der Waals surface area contributed by atoms with Crippen molar-refractivity contribution in [3.8, 4) is 5.75 Å². The molecule has 0 fully saturated rings. The van der Waals surface area contributed by atoms with Crippen LogP contribution in [0, 0.1) is 10.1 Å². The summed E-state index contributed by atoms with van der Waals surface area (Å²) in [5.41, 5.74) is -0.178. The lowest BCUT2D eigenvalue weighted by Gasteiger charge is -2.09. The Morgan fingerprint density at radius 3 is 2.35 bits per heavy atom. The van der Waals surface area contributed by atoms with E-state index in [9.17, 15) is 10.1 Å². The first-order chi connectivity index (χ1) is 8.06. The van der Waals surface area contributed by atoms with E-state index in [0.29, 0.717) is 19.4 Å². The maximum atomic E-state index is 10.5. The fraction of sp³-hybridized carbons (Fsp3) is 0.400. The molecule has 17 heavy (non-hydrogen) atoms. The van der Waals surface area contributed by atoms with Gasteiger partial charge in [0.05, 0.1) is 21.6 Å². The van der Waals surface area contributed by atoms with E-state index in [2.05, 4.69) is 0 Å². The molecular formula is C10H11Cl2NO4. The highest BCUT2D eigenvalue weighted by Gasteiger charge is 2.15. The van der Waals surface area contributed by atoms with Gasteiger partial charge in [0, 0.05) is 18.7 Å². The van der Waals surface area contributed by atoms with E-state index in [0.717, 1.165) is 0 Å². The number of rotatable bonds is 6. The van der Waals surface area contributed by atoms with Crippen molar-refractivity contribution < 1.29 is 14.8 Å². The Morgan fingerprint density at radius 1 is 1.29 bits per heavy atom. The molecule has 0 radical (unpaired) electrons. The third-order valence-electron chi connectivity index (χ3n) is 1.99. The smallest absolute Gasteiger partial charge is 0.272 e. The number of aliphatic hydroxyl groups excluding tert-OH is 1. The second-order valence-electron chi connectivity index (χ2n) is 3.27. The number of benzene rings is 1. The SMILES string of the molecule is O=[N+]([O-])c1cc(Cl)c(OCCCCO)c(Cl)c1. The number of nitro groups is 1. The summed E-state index contributed by atoms with van der Waals surface area (Å²) in [6.45, 7) is 0.433. The van der Waals surface area contributed by atoms with Crippen molar-refractivity contribution in [3.63, 3.8) is 0 Å². The zero-order valence-corrected chi connectivity index (χ0v) is 10.4. The van der Waals surface area contributed by atoms with Crippen molar-refractivity contribution in [2.24, 2.45) is 0 Å². The quantitative estimate of drug-likeness (QED) is 0.493. The number of aliphatic hydroxyl groups is 1. The molecule has 0 aliphatic rings. The molecule has 0 saturated heterocycles. The zero-order chi connectivity index (χ0) is 12.8. The van der Waals surface area contributed by atoms with E-state index in [1.54, 1.807) is 0 Å². The highest BCUT2D eigenvalue weighted by atomic mass is 35.5. The van der Waals surface area contributed by atoms with Crippen LogP contribution in [0.15, 0.2) is 12.1 Å². The Labute approximate surface area is 108 Å². The second kappa shape index (κ2) is 6.64. The van der Waals surface area contributed by atoms with Gasteiger partial charge in [-0.15, -0.1) is 0 Å². The average molecular weight is 280 g/mol. The summed E-state index contributed by atoms with van der Waals surface area (Å²) < 4.78 is 5.31. The molecule has 7 heteroatoms. The molecule has 0 atom stereocenters. The predicted octanol–water partition coefficient (Wildman–Crippen LogP) is 3.05. The largest absolute Gasteiger partial charge is 0.490 e. The van der Waals surface area contributed by atoms with Crippen molar-refractivity contribution in [1.82, 2.24) is 0 Å². The third kappa shape index (κ3) is 4.03. The van der Waals surface area contributed by atoms with Crippen molar-refractivity contribution in [2.75, 3.05) is 13.2 Å². The predicted molar refractivity (Wildman–Crippen MR) is 64.9 cm³/mol. The Bertz CT molecular complexity index is 388. The first-order valence-corrected chi connectivity index (χ1v) is 5.69. The second-order valence-corrected chi connectivity index (χ2v) is 4.09. The van der Waals surface area contributed by atoms with Gasteiger partial charge in [-0.1, -0.05) is 23.2 Å². The Morgan fingerprint density at radius 2 is 1.88 bits per heavy atom. The number of halogens is 2. The van der Waals surface area contributed by atoms with Crippen molar-refractivity contribution >= 4 is 28.9 Å². The molecule has 0 aliphatic heterocycles. The van der Waals surface area contributed by atoms with Crippen molar-refractivity contribution in [1.29, 1.82) is 0 Å². The Balaban J connectivity index is 2.76. The van der Waals surface area contributed by atoms with Gasteiger partial charge in [-0.05, 0) is 12.8 Å². The van der Waals surface area contributed by atoms with Crippen molar-refractivity contribution in [2.45, 2.75) is 12.8 Å². The number of unbranched alkanes of at least 4 members (excludes halogenated alkanes) is 1. The summed E-state index contributed by atoms with van der Waals surface area (Å²) in [5.74, 6) is 0.233. The number of nitrogens with zero attached hydrogens (tertiary/aromatic N) is 1. The zero-order valence-electron chi connectivity index (χ0n) is 8.86. The average Bonchev–Trinajstić information content (AvgIpc) is 2.26. The van der Waals surface area contributed by atoms with Crippen LogP contribution in [0.1, 0.15) is 12.8 Å². The van der Waals surface area contributed by atoms with Crippen LogP contribution in [0.4, 0.5) is 5.69 Å². The summed E-state index contributed by atoms with van der Waals surface area (Å²) >= 11 is 11.7. The summed E-state index contributed by atoms with van der Waals surface area (Å²) in [4.78, 5) is 9.96. The van der Waals surface area contributed by atoms with E-state index in [-0.39, 0.29) is 28.1 Å². The molecule has 0 spiro atoms. The fourth-order valence-electron chi connectivity index (χ4n) is 1.18. The highest BCUT2D eigenvalue weighted by molar-refractivity contribution is 6.37. The van der Waals surface area contributed by atoms with Crippen LogP contribution in [0.3, 0.4) is 0 Å². The normalized spacial score (nSPS) is 10.3. The van der Waals surface area contributed by atoms with Gasteiger partial charge in [0.1, 0.15) is 0 Å². The minimum Gasteiger partial charge on any atom is -0.490 e. The third-order valence-corrected chi connectivity index (χ3v) is 2.55. The molecule has 1 aromatic rings. The first kappa shape index (κ1) is 14.0. The number of ether oxygens (including phenoxy) is 1. The lowest BCUT2D eigenvalue weighted by Crippen LogP contribution is -2.00. The van der Waals surface area contributed by atoms with Crippen LogP contribution in [-0.4, -0.2) is 23.2 Å². The van der Waals surface area contributed by atoms with Crippen LogP contribution in [-0.2, 0) is 0 Å². The van der Waals surface area contributed by atoms with E-state index in [1.165, 1.54) is 12.1 Å². The summed E-state index contributed by atoms with van der Waals surface area (Å²) in [5, 5.41) is 19.3. The molecule has 1 N–H and O–H groups in total. The molecule has 0 amide bonds. The maximum Gasteiger partial charge on any atom is 0.272 e. The number of hydrogen-bond acceptors (Lipinski definition) is 4. The molecule has 0 bridgehead atoms. The van der Waals surface area contributed by atoms with Crippen LogP contribution in [0.25, 0.3) is 0 Å². The van der Waals surface area contributed by atoms with Gasteiger partial charge in [0.15, 0.2) is 5.75 Å². The Kier molecular flexibility index (Phi) is 5.47. The molecule has 0 aromatic heterocycles. The molecule has 5 nitrogen and oxygen atoms in total. The van der Waals surface area contributed by atoms with Gasteiger partial charge in [0.25, 0.3) is 5.69 Å². The van der Waals surface area contributed by atoms with E-state index < -0.39 is 4.92 Å². The number of non-ortho nitro benzene ring substituents is 1. The van der Waals surface area contributed by atoms with Gasteiger partial charge in [-0.3, -0.25) is 10.1 Å². The summed E-state index contributed by atoms with van der Waals surface area (Å²) in [6, 6.07) is 2.38. The first-order valence-electron chi connectivity index (χ1n) is 4.93. The topological polar surface area (TPSA) is 72.6 Å². The fourth-order valence-corrected chi connectivity index (χ4v) is 1.76. The van der Waals surface area contributed by atoms with Crippen LogP contribution in [0.2, 0.25) is 10.0 Å². The van der Waals surface area contributed by atoms with Gasteiger partial charge < -0.3 is 9.84 Å². The summed E-state index contributed by atoms with van der Waals surface area (Å²) in [7, 11) is 0. The monoisotopic (exact) mass is 279 g/mol. The maximum absolute atomic E-state index is 10.5. The van der Waals surface area contributed by atoms with Crippen LogP contribution in [0.5, 0.6) is 5.75 Å². The molecule has 0 saturated carbocycles. The minimum absolute atomic E-state index is 0.0884. The highest BCUT2D eigenvalue weighted by Crippen LogP contribution is 2.36. The van der Waals surface area contributed by atoms with Crippen LogP contribution >= 0.6 is 23.2 Å². The molecular weight excluding hydrogens is 269 g/mol. The van der Waals surface area contributed by atoms with Gasteiger partial charge in [0.2, 0.25) is 0 Å². The van der Waals surface area contributed by atoms with Gasteiger partial charge in [-0.25, -0.2) is 0 Å². The Hall–Kier alpha value is -1.04. The lowest BCUT2D eigenvalue weighted by molar-refractivity contribution is -0.384. The lowest BCUT2D eigenvalue weighted by atomic mass is 10.3.